The Hall–Kier alpha value is -0.120. The average Bonchev–Trinajstić information content (AvgIpc) is 2.96. The molecule has 0 aromatic rings. The van der Waals surface area contributed by atoms with Gasteiger partial charge in [0.1, 0.15) is 0 Å². The highest BCUT2D eigenvalue weighted by Gasteiger charge is 2.19. The summed E-state index contributed by atoms with van der Waals surface area (Å²) in [5.74, 6) is 0. The Balaban J connectivity index is 1.42. The molecule has 1 aliphatic heterocycles. The molecule has 0 aromatic heterocycles. The van der Waals surface area contributed by atoms with Gasteiger partial charge in [-0.2, -0.15) is 0 Å². The van der Waals surface area contributed by atoms with Crippen molar-refractivity contribution in [1.82, 2.24) is 15.1 Å². The summed E-state index contributed by atoms with van der Waals surface area (Å²) in [5.41, 5.74) is 0. The summed E-state index contributed by atoms with van der Waals surface area (Å²) >= 11 is 0. The number of likely N-dealkylation sites (N-methyl/N-ethyl adjacent to an activating group) is 1. The predicted octanol–water partition coefficient (Wildman–Crippen LogP) is 1.16. The first kappa shape index (κ1) is 12.3. The van der Waals surface area contributed by atoms with Gasteiger partial charge in [0.25, 0.3) is 0 Å². The van der Waals surface area contributed by atoms with Gasteiger partial charge in [0.2, 0.25) is 0 Å². The van der Waals surface area contributed by atoms with Gasteiger partial charge in [0, 0.05) is 19.1 Å². The van der Waals surface area contributed by atoms with Crippen LogP contribution in [0.3, 0.4) is 0 Å². The van der Waals surface area contributed by atoms with E-state index in [9.17, 15) is 0 Å². The van der Waals surface area contributed by atoms with Gasteiger partial charge in [-0.05, 0) is 65.3 Å². The van der Waals surface area contributed by atoms with Crippen molar-refractivity contribution in [3.63, 3.8) is 0 Å². The first-order valence-electron chi connectivity index (χ1n) is 6.99. The molecular formula is C13H27N3. The van der Waals surface area contributed by atoms with Crippen LogP contribution in [0.2, 0.25) is 0 Å². The first-order valence-corrected chi connectivity index (χ1v) is 6.99. The molecule has 0 bridgehead atoms. The van der Waals surface area contributed by atoms with Gasteiger partial charge in [0.05, 0.1) is 0 Å². The standard InChI is InChI=1S/C13H27N3/c1-15(8-4-7-14-13-5-6-13)11-12-16-9-2-3-10-16/h13-14H,2-12H2,1H3. The monoisotopic (exact) mass is 225 g/mol. The summed E-state index contributed by atoms with van der Waals surface area (Å²) in [7, 11) is 2.26. The van der Waals surface area contributed by atoms with E-state index in [0.717, 1.165) is 6.04 Å². The van der Waals surface area contributed by atoms with E-state index in [0.29, 0.717) is 0 Å². The highest BCUT2D eigenvalue weighted by atomic mass is 15.2. The summed E-state index contributed by atoms with van der Waals surface area (Å²) in [6, 6.07) is 0.870. The molecule has 3 nitrogen and oxygen atoms in total. The molecule has 1 saturated heterocycles. The number of likely N-dealkylation sites (tertiary alicyclic amines) is 1. The molecule has 0 amide bonds. The normalized spacial score (nSPS) is 22.1. The molecule has 1 N–H and O–H groups in total. The fraction of sp³-hybridized carbons (Fsp3) is 1.00. The zero-order valence-corrected chi connectivity index (χ0v) is 10.7. The highest BCUT2D eigenvalue weighted by molar-refractivity contribution is 4.80. The molecule has 0 spiro atoms. The maximum absolute atomic E-state index is 3.57. The van der Waals surface area contributed by atoms with Crippen molar-refractivity contribution >= 4 is 0 Å². The molecule has 0 unspecified atom stereocenters. The van der Waals surface area contributed by atoms with Crippen molar-refractivity contribution in [2.24, 2.45) is 0 Å². The zero-order chi connectivity index (χ0) is 11.2. The van der Waals surface area contributed by atoms with Crippen LogP contribution in [0.25, 0.3) is 0 Å². The second kappa shape index (κ2) is 6.58. The summed E-state index contributed by atoms with van der Waals surface area (Å²) < 4.78 is 0. The Kier molecular flexibility index (Phi) is 5.07. The molecule has 0 aromatic carbocycles. The third-order valence-corrected chi connectivity index (χ3v) is 3.72. The first-order chi connectivity index (χ1) is 7.84. The van der Waals surface area contributed by atoms with Gasteiger partial charge in [-0.3, -0.25) is 0 Å². The molecule has 3 heteroatoms. The SMILES string of the molecule is CN(CCCNC1CC1)CCN1CCCC1. The van der Waals surface area contributed by atoms with Crippen molar-refractivity contribution < 1.29 is 0 Å². The van der Waals surface area contributed by atoms with Gasteiger partial charge in [0.15, 0.2) is 0 Å². The quantitative estimate of drug-likeness (QED) is 0.625. The van der Waals surface area contributed by atoms with Crippen LogP contribution in [0, 0.1) is 0 Å². The number of hydrogen-bond donors (Lipinski definition) is 1. The second-order valence-corrected chi connectivity index (χ2v) is 5.43. The fourth-order valence-corrected chi connectivity index (χ4v) is 2.37. The fourth-order valence-electron chi connectivity index (χ4n) is 2.37. The van der Waals surface area contributed by atoms with Gasteiger partial charge >= 0.3 is 0 Å². The van der Waals surface area contributed by atoms with Crippen molar-refractivity contribution in [3.05, 3.63) is 0 Å². The molecule has 1 saturated carbocycles. The number of nitrogens with zero attached hydrogens (tertiary/aromatic N) is 2. The minimum absolute atomic E-state index is 0.870. The highest BCUT2D eigenvalue weighted by Crippen LogP contribution is 2.18. The smallest absolute Gasteiger partial charge is 0.0109 e. The second-order valence-electron chi connectivity index (χ2n) is 5.43. The topological polar surface area (TPSA) is 18.5 Å². The van der Waals surface area contributed by atoms with Crippen molar-refractivity contribution in [2.75, 3.05) is 46.3 Å². The number of nitrogens with one attached hydrogen (secondary N) is 1. The van der Waals surface area contributed by atoms with Crippen molar-refractivity contribution in [3.8, 4) is 0 Å². The molecule has 0 radical (unpaired) electrons. The van der Waals surface area contributed by atoms with E-state index in [4.69, 9.17) is 0 Å². The molecule has 94 valence electrons. The summed E-state index contributed by atoms with van der Waals surface area (Å²) in [6.45, 7) is 7.62. The van der Waals surface area contributed by atoms with Crippen molar-refractivity contribution in [1.29, 1.82) is 0 Å². The lowest BCUT2D eigenvalue weighted by atomic mass is 10.3. The van der Waals surface area contributed by atoms with Crippen LogP contribution < -0.4 is 5.32 Å². The van der Waals surface area contributed by atoms with Crippen LogP contribution in [-0.4, -0.2) is 62.2 Å². The van der Waals surface area contributed by atoms with E-state index in [2.05, 4.69) is 22.2 Å². The van der Waals surface area contributed by atoms with Crippen molar-refractivity contribution in [2.45, 2.75) is 38.1 Å². The summed E-state index contributed by atoms with van der Waals surface area (Å²) in [5, 5.41) is 3.57. The molecule has 1 heterocycles. The van der Waals surface area contributed by atoms with Gasteiger partial charge in [-0.15, -0.1) is 0 Å². The zero-order valence-electron chi connectivity index (χ0n) is 10.7. The van der Waals surface area contributed by atoms with Crippen LogP contribution in [0.1, 0.15) is 32.1 Å². The minimum atomic E-state index is 0.870. The maximum Gasteiger partial charge on any atom is 0.0109 e. The Morgan fingerprint density at radius 1 is 1.19 bits per heavy atom. The molecule has 0 atom stereocenters. The molecular weight excluding hydrogens is 198 g/mol. The van der Waals surface area contributed by atoms with E-state index in [1.54, 1.807) is 0 Å². The minimum Gasteiger partial charge on any atom is -0.314 e. The lowest BCUT2D eigenvalue weighted by Gasteiger charge is -2.21. The average molecular weight is 225 g/mol. The Morgan fingerprint density at radius 3 is 2.62 bits per heavy atom. The molecule has 2 rings (SSSR count). The van der Waals surface area contributed by atoms with E-state index in [1.807, 2.05) is 0 Å². The van der Waals surface area contributed by atoms with Gasteiger partial charge in [-0.1, -0.05) is 0 Å². The van der Waals surface area contributed by atoms with Crippen LogP contribution in [0.4, 0.5) is 0 Å². The largest absolute Gasteiger partial charge is 0.314 e. The van der Waals surface area contributed by atoms with E-state index in [1.165, 1.54) is 71.4 Å². The van der Waals surface area contributed by atoms with Crippen LogP contribution >= 0.6 is 0 Å². The van der Waals surface area contributed by atoms with Gasteiger partial charge < -0.3 is 15.1 Å². The number of rotatable bonds is 8. The lowest BCUT2D eigenvalue weighted by molar-refractivity contribution is 0.255. The Morgan fingerprint density at radius 2 is 1.94 bits per heavy atom. The van der Waals surface area contributed by atoms with Crippen LogP contribution in [0.15, 0.2) is 0 Å². The molecule has 16 heavy (non-hydrogen) atoms. The summed E-state index contributed by atoms with van der Waals surface area (Å²) in [6.07, 6.45) is 6.94. The van der Waals surface area contributed by atoms with Crippen LogP contribution in [-0.2, 0) is 0 Å². The van der Waals surface area contributed by atoms with E-state index < -0.39 is 0 Å². The summed E-state index contributed by atoms with van der Waals surface area (Å²) in [4.78, 5) is 5.08. The Bertz CT molecular complexity index is 186. The maximum atomic E-state index is 3.57. The van der Waals surface area contributed by atoms with Crippen LogP contribution in [0.5, 0.6) is 0 Å². The number of hydrogen-bond acceptors (Lipinski definition) is 3. The third kappa shape index (κ3) is 4.81. The lowest BCUT2D eigenvalue weighted by Crippen LogP contribution is -2.33. The predicted molar refractivity (Wildman–Crippen MR) is 68.8 cm³/mol. The Labute approximate surface area is 100 Å². The van der Waals surface area contributed by atoms with E-state index in [-0.39, 0.29) is 0 Å². The molecule has 2 aliphatic rings. The molecule has 1 aliphatic carbocycles. The molecule has 2 fully saturated rings. The van der Waals surface area contributed by atoms with Gasteiger partial charge in [-0.25, -0.2) is 0 Å². The third-order valence-electron chi connectivity index (χ3n) is 3.72. The van der Waals surface area contributed by atoms with E-state index >= 15 is 0 Å².